The first-order valence-electron chi connectivity index (χ1n) is 7.81. The maximum Gasteiger partial charge on any atom is 0.249 e. The lowest BCUT2D eigenvalue weighted by atomic mass is 9.91. The summed E-state index contributed by atoms with van der Waals surface area (Å²) in [6, 6.07) is 2.37. The van der Waals surface area contributed by atoms with E-state index in [0.717, 1.165) is 32.5 Å². The molecule has 116 valence electrons. The van der Waals surface area contributed by atoms with Crippen molar-refractivity contribution in [1.82, 2.24) is 10.2 Å². The monoisotopic (exact) mass is 308 g/mol. The average molecular weight is 308 g/mol. The Balaban J connectivity index is 1.53. The predicted octanol–water partition coefficient (Wildman–Crippen LogP) is 2.25. The standard InChI is InChI=1S/C16H24N2O2S/c1-11(2)17-16(19)14-7-13-3-5-18(9-15(13)20-14)8-12-4-6-21-10-12/h4,6,10-11,13-15H,3,5,7-9H2,1-2H3,(H,17,19)/t13-,14-,15+/m0/s1. The summed E-state index contributed by atoms with van der Waals surface area (Å²) in [7, 11) is 0. The van der Waals surface area contributed by atoms with Crippen molar-refractivity contribution in [3.63, 3.8) is 0 Å². The SMILES string of the molecule is CC(C)NC(=O)[C@@H]1C[C@@H]2CCN(Cc3ccsc3)C[C@H]2O1. The third kappa shape index (κ3) is 3.65. The number of amides is 1. The summed E-state index contributed by atoms with van der Waals surface area (Å²) in [6.45, 7) is 7.04. The van der Waals surface area contributed by atoms with Crippen molar-refractivity contribution in [3.8, 4) is 0 Å². The number of nitrogens with one attached hydrogen (secondary N) is 1. The van der Waals surface area contributed by atoms with E-state index in [9.17, 15) is 4.79 Å². The second-order valence-electron chi connectivity index (χ2n) is 6.48. The summed E-state index contributed by atoms with van der Waals surface area (Å²) in [5.74, 6) is 0.607. The minimum absolute atomic E-state index is 0.0591. The molecule has 4 nitrogen and oxygen atoms in total. The van der Waals surface area contributed by atoms with Crippen molar-refractivity contribution in [2.45, 2.75) is 51.5 Å². The molecule has 3 atom stereocenters. The normalized spacial score (nSPS) is 29.6. The van der Waals surface area contributed by atoms with Crippen LogP contribution >= 0.6 is 11.3 Å². The van der Waals surface area contributed by atoms with E-state index in [1.165, 1.54) is 5.56 Å². The van der Waals surface area contributed by atoms with E-state index in [2.05, 4.69) is 27.0 Å². The van der Waals surface area contributed by atoms with E-state index in [1.807, 2.05) is 13.8 Å². The molecule has 2 aliphatic rings. The molecule has 1 amide bonds. The number of hydrogen-bond acceptors (Lipinski definition) is 4. The van der Waals surface area contributed by atoms with Crippen LogP contribution in [0.15, 0.2) is 16.8 Å². The zero-order chi connectivity index (χ0) is 14.8. The molecule has 2 saturated heterocycles. The number of fused-ring (bicyclic) bond motifs is 1. The maximum absolute atomic E-state index is 12.1. The molecule has 2 fully saturated rings. The minimum atomic E-state index is -0.247. The topological polar surface area (TPSA) is 41.6 Å². The lowest BCUT2D eigenvalue weighted by Gasteiger charge is -2.33. The van der Waals surface area contributed by atoms with Gasteiger partial charge >= 0.3 is 0 Å². The van der Waals surface area contributed by atoms with Crippen molar-refractivity contribution >= 4 is 17.2 Å². The lowest BCUT2D eigenvalue weighted by Crippen LogP contribution is -2.42. The van der Waals surface area contributed by atoms with Gasteiger partial charge in [0.2, 0.25) is 5.91 Å². The van der Waals surface area contributed by atoms with E-state index in [1.54, 1.807) is 11.3 Å². The Hall–Kier alpha value is -0.910. The van der Waals surface area contributed by atoms with Crippen LogP contribution in [-0.2, 0) is 16.1 Å². The van der Waals surface area contributed by atoms with Crippen LogP contribution in [-0.4, -0.2) is 42.1 Å². The molecule has 0 saturated carbocycles. The van der Waals surface area contributed by atoms with Crippen molar-refractivity contribution in [1.29, 1.82) is 0 Å². The van der Waals surface area contributed by atoms with Crippen molar-refractivity contribution < 1.29 is 9.53 Å². The van der Waals surface area contributed by atoms with Gasteiger partial charge in [0, 0.05) is 19.1 Å². The van der Waals surface area contributed by atoms with Crippen molar-refractivity contribution in [3.05, 3.63) is 22.4 Å². The Kier molecular flexibility index (Phi) is 4.62. The summed E-state index contributed by atoms with van der Waals surface area (Å²) in [6.07, 6.45) is 2.00. The van der Waals surface area contributed by atoms with E-state index < -0.39 is 0 Å². The number of rotatable bonds is 4. The molecule has 0 radical (unpaired) electrons. The largest absolute Gasteiger partial charge is 0.364 e. The highest BCUT2D eigenvalue weighted by molar-refractivity contribution is 7.07. The molecule has 0 aromatic carbocycles. The van der Waals surface area contributed by atoms with Crippen molar-refractivity contribution in [2.24, 2.45) is 5.92 Å². The number of ether oxygens (including phenoxy) is 1. The van der Waals surface area contributed by atoms with E-state index in [0.29, 0.717) is 5.92 Å². The van der Waals surface area contributed by atoms with Gasteiger partial charge in [0.15, 0.2) is 0 Å². The third-order valence-corrected chi connectivity index (χ3v) is 5.08. The molecule has 0 unspecified atom stereocenters. The first-order valence-corrected chi connectivity index (χ1v) is 8.75. The van der Waals surface area contributed by atoms with Gasteiger partial charge in [-0.2, -0.15) is 11.3 Å². The molecule has 1 aromatic heterocycles. The molecule has 3 rings (SSSR count). The minimum Gasteiger partial charge on any atom is -0.364 e. The van der Waals surface area contributed by atoms with Crippen LogP contribution in [0.4, 0.5) is 0 Å². The van der Waals surface area contributed by atoms with Crippen LogP contribution in [0.2, 0.25) is 0 Å². The average Bonchev–Trinajstić information content (AvgIpc) is 3.06. The fraction of sp³-hybridized carbons (Fsp3) is 0.688. The predicted molar refractivity (Wildman–Crippen MR) is 84.3 cm³/mol. The van der Waals surface area contributed by atoms with Gasteiger partial charge in [0.05, 0.1) is 6.10 Å². The summed E-state index contributed by atoms with van der Waals surface area (Å²) < 4.78 is 6.03. The molecule has 2 aliphatic heterocycles. The van der Waals surface area contributed by atoms with Gasteiger partial charge in [0.25, 0.3) is 0 Å². The highest BCUT2D eigenvalue weighted by Gasteiger charge is 2.41. The molecule has 5 heteroatoms. The highest BCUT2D eigenvalue weighted by atomic mass is 32.1. The Morgan fingerprint density at radius 1 is 1.57 bits per heavy atom. The first kappa shape index (κ1) is 15.0. The van der Waals surface area contributed by atoms with Crippen LogP contribution in [0.3, 0.4) is 0 Å². The van der Waals surface area contributed by atoms with Gasteiger partial charge < -0.3 is 10.1 Å². The Labute approximate surface area is 130 Å². The number of carbonyl (C=O) groups excluding carboxylic acids is 1. The number of thiophene rings is 1. The van der Waals surface area contributed by atoms with Crippen LogP contribution in [0.5, 0.6) is 0 Å². The highest BCUT2D eigenvalue weighted by Crippen LogP contribution is 2.33. The molecule has 1 N–H and O–H groups in total. The van der Waals surface area contributed by atoms with E-state index in [4.69, 9.17) is 4.74 Å². The van der Waals surface area contributed by atoms with Crippen LogP contribution < -0.4 is 5.32 Å². The Bertz CT molecular complexity index is 475. The summed E-state index contributed by atoms with van der Waals surface area (Å²) in [5, 5.41) is 7.30. The smallest absolute Gasteiger partial charge is 0.249 e. The van der Waals surface area contributed by atoms with Crippen LogP contribution in [0, 0.1) is 5.92 Å². The third-order valence-electron chi connectivity index (χ3n) is 4.35. The number of hydrogen-bond donors (Lipinski definition) is 1. The second-order valence-corrected chi connectivity index (χ2v) is 7.26. The number of likely N-dealkylation sites (tertiary alicyclic amines) is 1. The fourth-order valence-corrected chi connectivity index (χ4v) is 3.98. The summed E-state index contributed by atoms with van der Waals surface area (Å²) in [5.41, 5.74) is 1.38. The molecule has 0 bridgehead atoms. The first-order chi connectivity index (χ1) is 10.1. The van der Waals surface area contributed by atoms with Crippen LogP contribution in [0.25, 0.3) is 0 Å². The van der Waals surface area contributed by atoms with Gasteiger partial charge in [-0.15, -0.1) is 0 Å². The van der Waals surface area contributed by atoms with Gasteiger partial charge in [-0.1, -0.05) is 0 Å². The molecule has 0 spiro atoms. The zero-order valence-electron chi connectivity index (χ0n) is 12.7. The number of nitrogens with zero attached hydrogens (tertiary/aromatic N) is 1. The fourth-order valence-electron chi connectivity index (χ4n) is 3.33. The zero-order valence-corrected chi connectivity index (χ0v) is 13.6. The molecular weight excluding hydrogens is 284 g/mol. The second kappa shape index (κ2) is 6.46. The Morgan fingerprint density at radius 3 is 3.14 bits per heavy atom. The summed E-state index contributed by atoms with van der Waals surface area (Å²) >= 11 is 1.75. The van der Waals surface area contributed by atoms with Gasteiger partial charge in [0.1, 0.15) is 6.10 Å². The van der Waals surface area contributed by atoms with Gasteiger partial charge in [-0.05, 0) is 61.5 Å². The van der Waals surface area contributed by atoms with Gasteiger partial charge in [-0.25, -0.2) is 0 Å². The molecule has 0 aliphatic carbocycles. The molecule has 1 aromatic rings. The van der Waals surface area contributed by atoms with E-state index in [-0.39, 0.29) is 24.2 Å². The number of carbonyl (C=O) groups is 1. The lowest BCUT2D eigenvalue weighted by molar-refractivity contribution is -0.133. The van der Waals surface area contributed by atoms with Crippen molar-refractivity contribution in [2.75, 3.05) is 13.1 Å². The molecular formula is C16H24N2O2S. The Morgan fingerprint density at radius 2 is 2.43 bits per heavy atom. The van der Waals surface area contributed by atoms with E-state index >= 15 is 0 Å². The molecule has 21 heavy (non-hydrogen) atoms. The quantitative estimate of drug-likeness (QED) is 0.927. The summed E-state index contributed by atoms with van der Waals surface area (Å²) in [4.78, 5) is 14.5. The maximum atomic E-state index is 12.1. The van der Waals surface area contributed by atoms with Crippen LogP contribution in [0.1, 0.15) is 32.3 Å². The number of piperidine rings is 1. The molecule has 3 heterocycles. The van der Waals surface area contributed by atoms with Gasteiger partial charge in [-0.3, -0.25) is 9.69 Å².